The molecule has 0 saturated heterocycles. The summed E-state index contributed by atoms with van der Waals surface area (Å²) in [4.78, 5) is 21.9. The zero-order chi connectivity index (χ0) is 22.9. The lowest BCUT2D eigenvalue weighted by Gasteiger charge is -2.14. The van der Waals surface area contributed by atoms with Crippen LogP contribution in [0.15, 0.2) is 42.7 Å². The molecule has 10 heteroatoms. The molecule has 1 saturated carbocycles. The van der Waals surface area contributed by atoms with Crippen molar-refractivity contribution in [3.05, 3.63) is 48.4 Å². The summed E-state index contributed by atoms with van der Waals surface area (Å²) >= 11 is 0. The third kappa shape index (κ3) is 5.13. The van der Waals surface area contributed by atoms with Gasteiger partial charge in [0.05, 0.1) is 23.6 Å². The maximum Gasteiger partial charge on any atom is 0.573 e. The third-order valence-corrected chi connectivity index (χ3v) is 5.43. The van der Waals surface area contributed by atoms with Crippen LogP contribution in [0.5, 0.6) is 5.75 Å². The van der Waals surface area contributed by atoms with Crippen LogP contribution in [-0.2, 0) is 7.05 Å². The number of hydrogen-bond acceptors (Lipinski definition) is 6. The van der Waals surface area contributed by atoms with Gasteiger partial charge in [0.15, 0.2) is 11.6 Å². The van der Waals surface area contributed by atoms with E-state index in [-0.39, 0.29) is 35.4 Å². The minimum atomic E-state index is -4.78. The summed E-state index contributed by atoms with van der Waals surface area (Å²) in [5.74, 6) is -0.404. The Kier molecular flexibility index (Phi) is 5.96. The number of carbonyl (C=O) groups excluding carboxylic acids is 1. The van der Waals surface area contributed by atoms with Gasteiger partial charge in [0.2, 0.25) is 0 Å². The Labute approximate surface area is 181 Å². The smallest absolute Gasteiger partial charge is 0.406 e. The zero-order valence-corrected chi connectivity index (χ0v) is 17.2. The number of nitrogens with zero attached hydrogens (tertiary/aromatic N) is 4. The van der Waals surface area contributed by atoms with Gasteiger partial charge in [0.1, 0.15) is 11.4 Å². The first-order valence-corrected chi connectivity index (χ1v) is 10.1. The predicted molar refractivity (Wildman–Crippen MR) is 109 cm³/mol. The zero-order valence-electron chi connectivity index (χ0n) is 17.2. The standard InChI is InChI=1S/C22H21F3N4O3/c1-29-12-15(11-26-29)21-27-17(13-5-7-16(8-6-13)32-22(23,24)25)10-18(28-21)20(31)9-14-3-2-4-19(14)30/h5-8,10-12,14,19,30H,2-4,9H2,1H3/t14-,19-/m1/s1. The molecule has 7 nitrogen and oxygen atoms in total. The molecule has 2 heterocycles. The van der Waals surface area contributed by atoms with Gasteiger partial charge in [-0.3, -0.25) is 9.48 Å². The number of aliphatic hydroxyl groups excluding tert-OH is 1. The van der Waals surface area contributed by atoms with Crippen molar-refractivity contribution in [2.24, 2.45) is 13.0 Å². The molecule has 32 heavy (non-hydrogen) atoms. The first kappa shape index (κ1) is 21.9. The van der Waals surface area contributed by atoms with Crippen LogP contribution in [0.1, 0.15) is 36.2 Å². The summed E-state index contributed by atoms with van der Waals surface area (Å²) in [5.41, 5.74) is 1.67. The highest BCUT2D eigenvalue weighted by Gasteiger charge is 2.31. The molecule has 1 aliphatic rings. The molecule has 0 amide bonds. The molecule has 0 spiro atoms. The number of halogens is 3. The summed E-state index contributed by atoms with van der Waals surface area (Å²) < 4.78 is 42.8. The van der Waals surface area contributed by atoms with Gasteiger partial charge in [-0.15, -0.1) is 13.2 Å². The highest BCUT2D eigenvalue weighted by atomic mass is 19.4. The van der Waals surface area contributed by atoms with E-state index >= 15 is 0 Å². The summed E-state index contributed by atoms with van der Waals surface area (Å²) in [7, 11) is 1.74. The molecule has 2 atom stereocenters. The van der Waals surface area contributed by atoms with Crippen LogP contribution in [0.3, 0.4) is 0 Å². The van der Waals surface area contributed by atoms with Crippen LogP contribution in [0.2, 0.25) is 0 Å². The Morgan fingerprint density at radius 1 is 1.19 bits per heavy atom. The van der Waals surface area contributed by atoms with E-state index in [1.807, 2.05) is 0 Å². The molecule has 0 aliphatic heterocycles. The van der Waals surface area contributed by atoms with Crippen LogP contribution >= 0.6 is 0 Å². The van der Waals surface area contributed by atoms with E-state index in [1.54, 1.807) is 24.1 Å². The number of ketones is 1. The summed E-state index contributed by atoms with van der Waals surface area (Å²) in [5, 5.41) is 14.2. The first-order chi connectivity index (χ1) is 15.2. The number of rotatable bonds is 6. The second-order valence-corrected chi connectivity index (χ2v) is 7.82. The average Bonchev–Trinajstić information content (AvgIpc) is 3.35. The van der Waals surface area contributed by atoms with Crippen LogP contribution in [-0.4, -0.2) is 43.1 Å². The summed E-state index contributed by atoms with van der Waals surface area (Å²) in [6, 6.07) is 6.76. The number of alkyl halides is 3. The Hall–Kier alpha value is -3.27. The lowest BCUT2D eigenvalue weighted by Crippen LogP contribution is -2.18. The van der Waals surface area contributed by atoms with E-state index in [0.29, 0.717) is 23.2 Å². The number of aromatic nitrogens is 4. The van der Waals surface area contributed by atoms with Gasteiger partial charge in [-0.25, -0.2) is 9.97 Å². The summed E-state index contributed by atoms with van der Waals surface area (Å²) in [6.07, 6.45) is 0.488. The molecule has 1 fully saturated rings. The quantitative estimate of drug-likeness (QED) is 0.572. The number of benzene rings is 1. The molecule has 1 aliphatic carbocycles. The monoisotopic (exact) mass is 446 g/mol. The van der Waals surface area contributed by atoms with E-state index < -0.39 is 12.5 Å². The maximum absolute atomic E-state index is 13.0. The number of ether oxygens (including phenoxy) is 1. The van der Waals surface area contributed by atoms with Crippen LogP contribution in [0.4, 0.5) is 13.2 Å². The Morgan fingerprint density at radius 3 is 2.53 bits per heavy atom. The van der Waals surface area contributed by atoms with E-state index in [4.69, 9.17) is 0 Å². The molecule has 4 rings (SSSR count). The van der Waals surface area contributed by atoms with Crippen molar-refractivity contribution in [1.82, 2.24) is 19.7 Å². The molecule has 1 aromatic carbocycles. The lowest BCUT2D eigenvalue weighted by atomic mass is 9.97. The van der Waals surface area contributed by atoms with E-state index in [9.17, 15) is 23.1 Å². The van der Waals surface area contributed by atoms with E-state index in [1.165, 1.54) is 30.3 Å². The topological polar surface area (TPSA) is 90.1 Å². The number of hydrogen-bond donors (Lipinski definition) is 1. The molecule has 2 aromatic heterocycles. The van der Waals surface area contributed by atoms with Crippen molar-refractivity contribution < 1.29 is 27.8 Å². The fourth-order valence-electron chi connectivity index (χ4n) is 3.83. The minimum absolute atomic E-state index is 0.110. The van der Waals surface area contributed by atoms with Crippen molar-refractivity contribution in [3.8, 4) is 28.4 Å². The fourth-order valence-corrected chi connectivity index (χ4v) is 3.83. The van der Waals surface area contributed by atoms with Crippen molar-refractivity contribution in [2.75, 3.05) is 0 Å². The molecule has 168 valence electrons. The largest absolute Gasteiger partial charge is 0.573 e. The van der Waals surface area contributed by atoms with Gasteiger partial charge in [-0.05, 0) is 49.1 Å². The van der Waals surface area contributed by atoms with Crippen molar-refractivity contribution in [2.45, 2.75) is 38.1 Å². The second kappa shape index (κ2) is 8.70. The molecule has 3 aromatic rings. The average molecular weight is 446 g/mol. The van der Waals surface area contributed by atoms with Crippen molar-refractivity contribution in [3.63, 3.8) is 0 Å². The molecule has 0 bridgehead atoms. The second-order valence-electron chi connectivity index (χ2n) is 7.82. The van der Waals surface area contributed by atoms with E-state index in [2.05, 4.69) is 19.8 Å². The SMILES string of the molecule is Cn1cc(-c2nc(C(=O)C[C@H]3CCC[C@H]3O)cc(-c3ccc(OC(F)(F)F)cc3)n2)cn1. The predicted octanol–water partition coefficient (Wildman–Crippen LogP) is 4.18. The van der Waals surface area contributed by atoms with Gasteiger partial charge in [0, 0.05) is 25.2 Å². The van der Waals surface area contributed by atoms with E-state index in [0.717, 1.165) is 12.8 Å². The molecule has 0 radical (unpaired) electrons. The minimum Gasteiger partial charge on any atom is -0.406 e. The Bertz CT molecular complexity index is 1110. The number of carbonyl (C=O) groups is 1. The highest BCUT2D eigenvalue weighted by Crippen LogP contribution is 2.31. The molecular formula is C22H21F3N4O3. The Balaban J connectivity index is 1.68. The number of Topliss-reactive ketones (excluding diaryl/α,β-unsaturated/α-hetero) is 1. The molecule has 1 N–H and O–H groups in total. The summed E-state index contributed by atoms with van der Waals surface area (Å²) in [6.45, 7) is 0. The fraction of sp³-hybridized carbons (Fsp3) is 0.364. The normalized spacial score (nSPS) is 18.7. The lowest BCUT2D eigenvalue weighted by molar-refractivity contribution is -0.274. The highest BCUT2D eigenvalue weighted by molar-refractivity contribution is 5.95. The van der Waals surface area contributed by atoms with Gasteiger partial charge >= 0.3 is 6.36 Å². The van der Waals surface area contributed by atoms with Gasteiger partial charge < -0.3 is 9.84 Å². The first-order valence-electron chi connectivity index (χ1n) is 10.1. The van der Waals surface area contributed by atoms with Crippen LogP contribution in [0.25, 0.3) is 22.6 Å². The Morgan fingerprint density at radius 2 is 1.94 bits per heavy atom. The number of aliphatic hydroxyl groups is 1. The van der Waals surface area contributed by atoms with Gasteiger partial charge in [-0.2, -0.15) is 5.10 Å². The van der Waals surface area contributed by atoms with Crippen molar-refractivity contribution >= 4 is 5.78 Å². The molecular weight excluding hydrogens is 425 g/mol. The third-order valence-electron chi connectivity index (χ3n) is 5.43. The number of aryl methyl sites for hydroxylation is 1. The van der Waals surface area contributed by atoms with Gasteiger partial charge in [0.25, 0.3) is 0 Å². The van der Waals surface area contributed by atoms with Crippen molar-refractivity contribution in [1.29, 1.82) is 0 Å². The van der Waals surface area contributed by atoms with Crippen LogP contribution < -0.4 is 4.74 Å². The van der Waals surface area contributed by atoms with Gasteiger partial charge in [-0.1, -0.05) is 6.42 Å². The molecule has 0 unspecified atom stereocenters. The maximum atomic E-state index is 13.0. The van der Waals surface area contributed by atoms with Crippen LogP contribution in [0, 0.1) is 5.92 Å².